The molecule has 2 N–H and O–H groups in total. The molecule has 0 saturated carbocycles. The van der Waals surface area contributed by atoms with Crippen molar-refractivity contribution in [3.8, 4) is 0 Å². The smallest absolute Gasteiger partial charge is 0.142 e. The first-order valence-corrected chi connectivity index (χ1v) is 6.98. The summed E-state index contributed by atoms with van der Waals surface area (Å²) in [5, 5.41) is 0.166. The van der Waals surface area contributed by atoms with Gasteiger partial charge in [-0.3, -0.25) is 0 Å². The Kier molecular flexibility index (Phi) is 4.59. The molecule has 2 rings (SSSR count). The van der Waals surface area contributed by atoms with Gasteiger partial charge in [0.05, 0.1) is 5.02 Å². The van der Waals surface area contributed by atoms with E-state index in [9.17, 15) is 4.39 Å². The summed E-state index contributed by atoms with van der Waals surface area (Å²) >= 11 is 8.18. The SMILES string of the molecule is NC(Cc1cccc(F)c1Cl)c1ccccc1I. The van der Waals surface area contributed by atoms with Crippen LogP contribution in [-0.2, 0) is 6.42 Å². The van der Waals surface area contributed by atoms with E-state index in [1.165, 1.54) is 6.07 Å². The van der Waals surface area contributed by atoms with Crippen LogP contribution in [0, 0.1) is 9.39 Å². The van der Waals surface area contributed by atoms with Crippen molar-refractivity contribution in [2.24, 2.45) is 5.73 Å². The molecule has 0 aliphatic heterocycles. The summed E-state index contributed by atoms with van der Waals surface area (Å²) in [6, 6.07) is 12.5. The fraction of sp³-hybridized carbons (Fsp3) is 0.143. The second-order valence-corrected chi connectivity index (χ2v) is 5.59. The number of halogens is 3. The lowest BCUT2D eigenvalue weighted by molar-refractivity contribution is 0.622. The van der Waals surface area contributed by atoms with Gasteiger partial charge in [0.1, 0.15) is 5.82 Å². The van der Waals surface area contributed by atoms with Crippen LogP contribution >= 0.6 is 34.2 Å². The summed E-state index contributed by atoms with van der Waals surface area (Å²) in [4.78, 5) is 0. The third-order valence-corrected chi connectivity index (χ3v) is 4.18. The highest BCUT2D eigenvalue weighted by atomic mass is 127. The van der Waals surface area contributed by atoms with E-state index in [-0.39, 0.29) is 11.1 Å². The molecular weight excluding hydrogens is 364 g/mol. The van der Waals surface area contributed by atoms with Crippen molar-refractivity contribution in [2.45, 2.75) is 12.5 Å². The molecule has 0 saturated heterocycles. The molecule has 0 aromatic heterocycles. The maximum Gasteiger partial charge on any atom is 0.142 e. The Bertz CT molecular complexity index is 559. The Morgan fingerprint density at radius 2 is 1.89 bits per heavy atom. The van der Waals surface area contributed by atoms with Gasteiger partial charge in [-0.15, -0.1) is 0 Å². The molecule has 0 radical (unpaired) electrons. The zero-order chi connectivity index (χ0) is 13.1. The molecule has 2 aromatic carbocycles. The number of hydrogen-bond acceptors (Lipinski definition) is 1. The van der Waals surface area contributed by atoms with Crippen molar-refractivity contribution < 1.29 is 4.39 Å². The van der Waals surface area contributed by atoms with Gasteiger partial charge in [-0.2, -0.15) is 0 Å². The molecule has 0 amide bonds. The third kappa shape index (κ3) is 3.02. The maximum atomic E-state index is 13.3. The van der Waals surface area contributed by atoms with Crippen molar-refractivity contribution in [2.75, 3.05) is 0 Å². The summed E-state index contributed by atoms with van der Waals surface area (Å²) in [7, 11) is 0. The van der Waals surface area contributed by atoms with Crippen molar-refractivity contribution in [3.05, 3.63) is 68.0 Å². The van der Waals surface area contributed by atoms with Gasteiger partial charge in [-0.05, 0) is 52.3 Å². The van der Waals surface area contributed by atoms with Crippen LogP contribution in [0.3, 0.4) is 0 Å². The third-order valence-electron chi connectivity index (χ3n) is 2.78. The van der Waals surface area contributed by atoms with Crippen LogP contribution in [0.2, 0.25) is 5.02 Å². The lowest BCUT2D eigenvalue weighted by Crippen LogP contribution is -2.15. The molecule has 4 heteroatoms. The van der Waals surface area contributed by atoms with Crippen LogP contribution in [0.25, 0.3) is 0 Å². The van der Waals surface area contributed by atoms with E-state index in [0.717, 1.165) is 14.7 Å². The molecule has 1 atom stereocenters. The fourth-order valence-corrected chi connectivity index (χ4v) is 2.82. The first-order valence-electron chi connectivity index (χ1n) is 5.52. The fourth-order valence-electron chi connectivity index (χ4n) is 1.83. The van der Waals surface area contributed by atoms with Crippen molar-refractivity contribution >= 4 is 34.2 Å². The predicted molar refractivity (Wildman–Crippen MR) is 81.2 cm³/mol. The second kappa shape index (κ2) is 5.99. The van der Waals surface area contributed by atoms with Gasteiger partial charge < -0.3 is 5.73 Å². The normalized spacial score (nSPS) is 12.4. The molecule has 0 spiro atoms. The molecule has 0 heterocycles. The minimum absolute atomic E-state index is 0.166. The zero-order valence-corrected chi connectivity index (χ0v) is 12.5. The number of nitrogens with two attached hydrogens (primary N) is 1. The quantitative estimate of drug-likeness (QED) is 0.794. The van der Waals surface area contributed by atoms with E-state index >= 15 is 0 Å². The standard InChI is InChI=1S/C14H12ClFIN/c15-14-9(4-3-6-11(14)16)8-13(18)10-5-1-2-7-12(10)17/h1-7,13H,8,18H2. The molecule has 0 aliphatic rings. The van der Waals surface area contributed by atoms with E-state index < -0.39 is 5.82 Å². The van der Waals surface area contributed by atoms with Crippen LogP contribution < -0.4 is 5.73 Å². The maximum absolute atomic E-state index is 13.3. The van der Waals surface area contributed by atoms with Gasteiger partial charge in [-0.25, -0.2) is 4.39 Å². The minimum atomic E-state index is -0.399. The molecule has 0 fully saturated rings. The molecule has 1 unspecified atom stereocenters. The Morgan fingerprint density at radius 3 is 2.61 bits per heavy atom. The first-order chi connectivity index (χ1) is 8.59. The largest absolute Gasteiger partial charge is 0.324 e. The van der Waals surface area contributed by atoms with E-state index in [0.29, 0.717) is 6.42 Å². The van der Waals surface area contributed by atoms with E-state index in [1.807, 2.05) is 24.3 Å². The van der Waals surface area contributed by atoms with Gasteiger partial charge in [0.25, 0.3) is 0 Å². The van der Waals surface area contributed by atoms with Crippen molar-refractivity contribution in [1.29, 1.82) is 0 Å². The highest BCUT2D eigenvalue weighted by molar-refractivity contribution is 14.1. The minimum Gasteiger partial charge on any atom is -0.324 e. The number of hydrogen-bond donors (Lipinski definition) is 1. The van der Waals surface area contributed by atoms with Crippen molar-refractivity contribution in [3.63, 3.8) is 0 Å². The molecule has 1 nitrogen and oxygen atoms in total. The summed E-state index contributed by atoms with van der Waals surface area (Å²) in [5.74, 6) is -0.399. The average Bonchev–Trinajstić information content (AvgIpc) is 2.35. The van der Waals surface area contributed by atoms with Gasteiger partial charge in [0.2, 0.25) is 0 Å². The van der Waals surface area contributed by atoms with Crippen molar-refractivity contribution in [1.82, 2.24) is 0 Å². The topological polar surface area (TPSA) is 26.0 Å². The van der Waals surface area contributed by atoms with E-state index in [1.54, 1.807) is 12.1 Å². The molecule has 0 bridgehead atoms. The molecule has 2 aromatic rings. The van der Waals surface area contributed by atoms with Gasteiger partial charge >= 0.3 is 0 Å². The second-order valence-electron chi connectivity index (χ2n) is 4.05. The Hall–Kier alpha value is -0.650. The van der Waals surface area contributed by atoms with Crippen LogP contribution in [0.4, 0.5) is 4.39 Å². The Balaban J connectivity index is 2.24. The first kappa shape index (κ1) is 13.8. The molecule has 94 valence electrons. The highest BCUT2D eigenvalue weighted by Crippen LogP contribution is 2.26. The van der Waals surface area contributed by atoms with Crippen LogP contribution in [0.5, 0.6) is 0 Å². The summed E-state index contributed by atoms with van der Waals surface area (Å²) in [6.07, 6.45) is 0.524. The summed E-state index contributed by atoms with van der Waals surface area (Å²) in [5.41, 5.74) is 7.95. The van der Waals surface area contributed by atoms with Crippen LogP contribution in [0.15, 0.2) is 42.5 Å². The number of benzene rings is 2. The lowest BCUT2D eigenvalue weighted by atomic mass is 10.00. The van der Waals surface area contributed by atoms with Gasteiger partial charge in [0, 0.05) is 9.61 Å². The molecule has 0 aliphatic carbocycles. The number of rotatable bonds is 3. The summed E-state index contributed by atoms with van der Waals surface area (Å²) in [6.45, 7) is 0. The van der Waals surface area contributed by atoms with Crippen LogP contribution in [0.1, 0.15) is 17.2 Å². The van der Waals surface area contributed by atoms with E-state index in [2.05, 4.69) is 22.6 Å². The monoisotopic (exact) mass is 375 g/mol. The van der Waals surface area contributed by atoms with Crippen LogP contribution in [-0.4, -0.2) is 0 Å². The lowest BCUT2D eigenvalue weighted by Gasteiger charge is -2.15. The average molecular weight is 376 g/mol. The van der Waals surface area contributed by atoms with Gasteiger partial charge in [0.15, 0.2) is 0 Å². The molecule has 18 heavy (non-hydrogen) atoms. The predicted octanol–water partition coefficient (Wildman–Crippen LogP) is 4.33. The summed E-state index contributed by atoms with van der Waals surface area (Å²) < 4.78 is 14.4. The van der Waals surface area contributed by atoms with Gasteiger partial charge in [-0.1, -0.05) is 41.9 Å². The van der Waals surface area contributed by atoms with E-state index in [4.69, 9.17) is 17.3 Å². The Labute approximate surface area is 124 Å². The Morgan fingerprint density at radius 1 is 1.17 bits per heavy atom. The highest BCUT2D eigenvalue weighted by Gasteiger charge is 2.13. The zero-order valence-electron chi connectivity index (χ0n) is 9.54. The molecular formula is C14H12ClFIN.